The fourth-order valence-corrected chi connectivity index (χ4v) is 2.32. The molecule has 1 amide bonds. The number of nitrogens with zero attached hydrogens (tertiary/aromatic N) is 1. The first-order chi connectivity index (χ1) is 9.17. The van der Waals surface area contributed by atoms with Crippen LogP contribution in [0.3, 0.4) is 0 Å². The number of likely N-dealkylation sites (tertiary alicyclic amines) is 1. The highest BCUT2D eigenvalue weighted by Gasteiger charge is 2.27. The van der Waals surface area contributed by atoms with Gasteiger partial charge < -0.3 is 9.64 Å². The molecule has 5 nitrogen and oxygen atoms in total. The Morgan fingerprint density at radius 2 is 1.70 bits per heavy atom. The summed E-state index contributed by atoms with van der Waals surface area (Å²) in [5.41, 5.74) is -0.481. The number of ketones is 2. The first-order valence-electron chi connectivity index (χ1n) is 7.16. The van der Waals surface area contributed by atoms with Gasteiger partial charge in [0, 0.05) is 19.5 Å². The lowest BCUT2D eigenvalue weighted by molar-refractivity contribution is -0.126. The number of carbonyl (C=O) groups is 3. The van der Waals surface area contributed by atoms with E-state index in [1.807, 2.05) is 20.8 Å². The number of hydrogen-bond acceptors (Lipinski definition) is 4. The van der Waals surface area contributed by atoms with Gasteiger partial charge in [-0.3, -0.25) is 9.59 Å². The van der Waals surface area contributed by atoms with Crippen molar-refractivity contribution in [2.45, 2.75) is 59.0 Å². The smallest absolute Gasteiger partial charge is 0.410 e. The van der Waals surface area contributed by atoms with Crippen molar-refractivity contribution >= 4 is 17.7 Å². The Kier molecular flexibility index (Phi) is 5.72. The molecule has 0 aromatic rings. The molecule has 0 aliphatic carbocycles. The van der Waals surface area contributed by atoms with Gasteiger partial charge >= 0.3 is 6.09 Å². The summed E-state index contributed by atoms with van der Waals surface area (Å²) in [7, 11) is 0. The summed E-state index contributed by atoms with van der Waals surface area (Å²) in [4.78, 5) is 36.1. The van der Waals surface area contributed by atoms with Crippen LogP contribution in [0.15, 0.2) is 0 Å². The van der Waals surface area contributed by atoms with E-state index in [0.717, 1.165) is 12.8 Å². The monoisotopic (exact) mass is 283 g/mol. The Bertz CT molecular complexity index is 376. The predicted molar refractivity (Wildman–Crippen MR) is 75.5 cm³/mol. The maximum atomic E-state index is 11.9. The van der Waals surface area contributed by atoms with Crippen molar-refractivity contribution in [1.82, 2.24) is 4.90 Å². The molecule has 114 valence electrons. The molecule has 5 heteroatoms. The summed E-state index contributed by atoms with van der Waals surface area (Å²) in [6, 6.07) is 0. The minimum absolute atomic E-state index is 0.00761. The Labute approximate surface area is 120 Å². The zero-order chi connectivity index (χ0) is 15.3. The quantitative estimate of drug-likeness (QED) is 0.744. The van der Waals surface area contributed by atoms with Crippen molar-refractivity contribution in [2.75, 3.05) is 13.1 Å². The van der Waals surface area contributed by atoms with E-state index < -0.39 is 5.60 Å². The number of piperidine rings is 1. The normalized spacial score (nSPS) is 16.9. The van der Waals surface area contributed by atoms with Gasteiger partial charge in [-0.2, -0.15) is 0 Å². The fourth-order valence-electron chi connectivity index (χ4n) is 2.32. The minimum atomic E-state index is -0.481. The van der Waals surface area contributed by atoms with Gasteiger partial charge in [0.2, 0.25) is 0 Å². The highest BCUT2D eigenvalue weighted by Crippen LogP contribution is 2.22. The average Bonchev–Trinajstić information content (AvgIpc) is 2.26. The summed E-state index contributed by atoms with van der Waals surface area (Å²) in [5.74, 6) is 0.204. The molecule has 0 aromatic carbocycles. The van der Waals surface area contributed by atoms with E-state index >= 15 is 0 Å². The summed E-state index contributed by atoms with van der Waals surface area (Å²) >= 11 is 0. The van der Waals surface area contributed by atoms with Gasteiger partial charge in [0.05, 0.1) is 6.42 Å². The second kappa shape index (κ2) is 6.86. The minimum Gasteiger partial charge on any atom is -0.444 e. The molecule has 0 bridgehead atoms. The van der Waals surface area contributed by atoms with Crippen molar-refractivity contribution in [1.29, 1.82) is 0 Å². The highest BCUT2D eigenvalue weighted by molar-refractivity contribution is 5.97. The van der Waals surface area contributed by atoms with Crippen molar-refractivity contribution in [3.8, 4) is 0 Å². The summed E-state index contributed by atoms with van der Waals surface area (Å²) < 4.78 is 5.32. The van der Waals surface area contributed by atoms with E-state index in [2.05, 4.69) is 0 Å². The van der Waals surface area contributed by atoms with Crippen LogP contribution in [0.5, 0.6) is 0 Å². The molecular formula is C15H25NO4. The third-order valence-electron chi connectivity index (χ3n) is 3.23. The summed E-state index contributed by atoms with van der Waals surface area (Å²) in [5, 5.41) is 0. The average molecular weight is 283 g/mol. The van der Waals surface area contributed by atoms with Crippen molar-refractivity contribution in [3.63, 3.8) is 0 Å². The lowest BCUT2D eigenvalue weighted by Crippen LogP contribution is -2.42. The van der Waals surface area contributed by atoms with Gasteiger partial charge in [-0.1, -0.05) is 0 Å². The lowest BCUT2D eigenvalue weighted by atomic mass is 9.91. The van der Waals surface area contributed by atoms with E-state index in [1.54, 1.807) is 4.90 Å². The molecule has 1 fully saturated rings. The number of rotatable bonds is 4. The van der Waals surface area contributed by atoms with Gasteiger partial charge in [0.25, 0.3) is 0 Å². The number of Topliss-reactive ketones (excluding diaryl/α,β-unsaturated/α-hetero) is 2. The molecule has 0 radical (unpaired) electrons. The Balaban J connectivity index is 2.35. The predicted octanol–water partition coefficient (Wildman–Crippen LogP) is 2.57. The van der Waals surface area contributed by atoms with E-state index in [1.165, 1.54) is 6.92 Å². The van der Waals surface area contributed by atoms with Crippen LogP contribution in [0.1, 0.15) is 53.4 Å². The van der Waals surface area contributed by atoms with E-state index in [9.17, 15) is 14.4 Å². The van der Waals surface area contributed by atoms with Crippen LogP contribution < -0.4 is 0 Å². The molecule has 0 atom stereocenters. The number of ether oxygens (including phenoxy) is 1. The molecule has 0 aromatic heterocycles. The molecule has 0 saturated carbocycles. The van der Waals surface area contributed by atoms with Crippen LogP contribution in [0.4, 0.5) is 4.79 Å². The topological polar surface area (TPSA) is 63.7 Å². The van der Waals surface area contributed by atoms with Crippen LogP contribution >= 0.6 is 0 Å². The van der Waals surface area contributed by atoms with Crippen LogP contribution in [-0.2, 0) is 14.3 Å². The summed E-state index contributed by atoms with van der Waals surface area (Å²) in [6.45, 7) is 8.21. The lowest BCUT2D eigenvalue weighted by Gasteiger charge is -2.33. The van der Waals surface area contributed by atoms with E-state index in [4.69, 9.17) is 4.74 Å². The molecule has 20 heavy (non-hydrogen) atoms. The molecule has 1 aliphatic rings. The first-order valence-corrected chi connectivity index (χ1v) is 7.16. The molecule has 1 heterocycles. The molecule has 1 aliphatic heterocycles. The maximum absolute atomic E-state index is 11.9. The molecule has 1 saturated heterocycles. The van der Waals surface area contributed by atoms with E-state index in [0.29, 0.717) is 19.5 Å². The van der Waals surface area contributed by atoms with Crippen molar-refractivity contribution in [2.24, 2.45) is 5.92 Å². The Hall–Kier alpha value is -1.39. The zero-order valence-electron chi connectivity index (χ0n) is 12.9. The highest BCUT2D eigenvalue weighted by atomic mass is 16.6. The van der Waals surface area contributed by atoms with Crippen LogP contribution in [-0.4, -0.2) is 41.3 Å². The standard InChI is InChI=1S/C15H25NO4/c1-11(17)9-13(18)10-12-5-7-16(8-6-12)14(19)20-15(2,3)4/h12H,5-10H2,1-4H3. The number of hydrogen-bond donors (Lipinski definition) is 0. The SMILES string of the molecule is CC(=O)CC(=O)CC1CCN(C(=O)OC(C)(C)C)CC1. The van der Waals surface area contributed by atoms with Gasteiger partial charge in [0.15, 0.2) is 0 Å². The molecule has 1 rings (SSSR count). The first kappa shape index (κ1) is 16.7. The van der Waals surface area contributed by atoms with Crippen molar-refractivity contribution in [3.05, 3.63) is 0 Å². The fraction of sp³-hybridized carbons (Fsp3) is 0.800. The van der Waals surface area contributed by atoms with Gasteiger partial charge in [0.1, 0.15) is 17.2 Å². The van der Waals surface area contributed by atoms with Crippen LogP contribution in [0.25, 0.3) is 0 Å². The van der Waals surface area contributed by atoms with Gasteiger partial charge in [-0.25, -0.2) is 4.79 Å². The molecule has 0 unspecified atom stereocenters. The number of carbonyl (C=O) groups excluding carboxylic acids is 3. The Morgan fingerprint density at radius 3 is 2.15 bits per heavy atom. The molecule has 0 N–H and O–H groups in total. The van der Waals surface area contributed by atoms with Crippen LogP contribution in [0, 0.1) is 5.92 Å². The second-order valence-corrected chi connectivity index (χ2v) is 6.53. The Morgan fingerprint density at radius 1 is 1.15 bits per heavy atom. The molecular weight excluding hydrogens is 258 g/mol. The largest absolute Gasteiger partial charge is 0.444 e. The third-order valence-corrected chi connectivity index (χ3v) is 3.23. The van der Waals surface area contributed by atoms with Crippen LogP contribution in [0.2, 0.25) is 0 Å². The van der Waals surface area contributed by atoms with Gasteiger partial charge in [-0.05, 0) is 46.5 Å². The van der Waals surface area contributed by atoms with E-state index in [-0.39, 0.29) is 30.0 Å². The second-order valence-electron chi connectivity index (χ2n) is 6.53. The van der Waals surface area contributed by atoms with Crippen molar-refractivity contribution < 1.29 is 19.1 Å². The summed E-state index contributed by atoms with van der Waals surface area (Å²) in [6.07, 6.45) is 1.78. The number of amides is 1. The maximum Gasteiger partial charge on any atom is 0.410 e. The zero-order valence-corrected chi connectivity index (χ0v) is 12.9. The third kappa shape index (κ3) is 6.17. The van der Waals surface area contributed by atoms with Gasteiger partial charge in [-0.15, -0.1) is 0 Å². The molecule has 0 spiro atoms.